The van der Waals surface area contributed by atoms with Crippen LogP contribution in [0.1, 0.15) is 25.0 Å². The standard InChI is InChI=1S/C30H26N4O2/c1-17(33-25-13-5-9-19-7-3-11-23(31)29(19)25)21-15-22(28(36)16-27(21)35)18(2)34-26-14-6-10-20-8-4-12-24(32)30(20)26/h3-16,35-36H,31-32H2,1-2H3. The van der Waals surface area contributed by atoms with E-state index < -0.39 is 0 Å². The van der Waals surface area contributed by atoms with Crippen LogP contribution in [-0.2, 0) is 0 Å². The topological polar surface area (TPSA) is 117 Å². The third kappa shape index (κ3) is 4.09. The highest BCUT2D eigenvalue weighted by Gasteiger charge is 2.15. The van der Waals surface area contributed by atoms with E-state index in [-0.39, 0.29) is 11.5 Å². The highest BCUT2D eigenvalue weighted by atomic mass is 16.3. The third-order valence-electron chi connectivity index (χ3n) is 6.30. The fourth-order valence-electron chi connectivity index (χ4n) is 4.52. The molecule has 36 heavy (non-hydrogen) atoms. The van der Waals surface area contributed by atoms with Crippen molar-refractivity contribution in [1.29, 1.82) is 0 Å². The molecule has 0 unspecified atom stereocenters. The highest BCUT2D eigenvalue weighted by molar-refractivity contribution is 6.11. The summed E-state index contributed by atoms with van der Waals surface area (Å²) in [5, 5.41) is 25.0. The van der Waals surface area contributed by atoms with Crippen LogP contribution in [0.15, 0.2) is 94.9 Å². The normalized spacial score (nSPS) is 12.4. The Morgan fingerprint density at radius 2 is 0.972 bits per heavy atom. The first kappa shape index (κ1) is 22.9. The molecule has 6 nitrogen and oxygen atoms in total. The fourth-order valence-corrected chi connectivity index (χ4v) is 4.52. The van der Waals surface area contributed by atoms with Crippen LogP contribution in [0, 0.1) is 0 Å². The van der Waals surface area contributed by atoms with Crippen LogP contribution in [-0.4, -0.2) is 21.6 Å². The number of phenols is 2. The zero-order valence-corrected chi connectivity index (χ0v) is 20.0. The minimum absolute atomic E-state index is 0.0760. The second-order valence-electron chi connectivity index (χ2n) is 8.73. The smallest absolute Gasteiger partial charge is 0.128 e. The molecule has 0 aromatic heterocycles. The summed E-state index contributed by atoms with van der Waals surface area (Å²) in [4.78, 5) is 9.57. The summed E-state index contributed by atoms with van der Waals surface area (Å²) >= 11 is 0. The van der Waals surface area contributed by atoms with Crippen molar-refractivity contribution < 1.29 is 10.2 Å². The molecular weight excluding hydrogens is 448 g/mol. The van der Waals surface area contributed by atoms with E-state index in [2.05, 4.69) is 0 Å². The average Bonchev–Trinajstić information content (AvgIpc) is 2.84. The van der Waals surface area contributed by atoms with E-state index >= 15 is 0 Å². The predicted octanol–water partition coefficient (Wildman–Crippen LogP) is 6.85. The number of benzene rings is 5. The summed E-state index contributed by atoms with van der Waals surface area (Å²) in [7, 11) is 0. The lowest BCUT2D eigenvalue weighted by Crippen LogP contribution is -2.01. The number of nitrogens with two attached hydrogens (primary N) is 2. The Labute approximate surface area is 208 Å². The maximum absolute atomic E-state index is 10.7. The molecular formula is C30H26N4O2. The Morgan fingerprint density at radius 1 is 0.583 bits per heavy atom. The van der Waals surface area contributed by atoms with Gasteiger partial charge in [-0.1, -0.05) is 48.5 Å². The molecule has 0 aliphatic heterocycles. The Hall–Kier alpha value is -4.84. The van der Waals surface area contributed by atoms with Crippen molar-refractivity contribution in [2.75, 3.05) is 11.5 Å². The van der Waals surface area contributed by atoms with Crippen molar-refractivity contribution in [3.63, 3.8) is 0 Å². The first-order valence-electron chi connectivity index (χ1n) is 11.5. The van der Waals surface area contributed by atoms with Crippen LogP contribution in [0.4, 0.5) is 22.7 Å². The highest BCUT2D eigenvalue weighted by Crippen LogP contribution is 2.35. The van der Waals surface area contributed by atoms with E-state index in [4.69, 9.17) is 21.5 Å². The van der Waals surface area contributed by atoms with E-state index in [1.165, 1.54) is 6.07 Å². The SMILES string of the molecule is CC(=Nc1cccc2cccc(N)c12)c1cc(C(C)=Nc2cccc3cccc(N)c23)c(O)cc1O. The third-order valence-corrected chi connectivity index (χ3v) is 6.30. The van der Waals surface area contributed by atoms with Crippen LogP contribution in [0.5, 0.6) is 11.5 Å². The second kappa shape index (κ2) is 9.07. The van der Waals surface area contributed by atoms with Crippen LogP contribution < -0.4 is 11.5 Å². The molecule has 0 radical (unpaired) electrons. The molecule has 0 bridgehead atoms. The molecule has 0 fully saturated rings. The van der Waals surface area contributed by atoms with Crippen molar-refractivity contribution in [1.82, 2.24) is 0 Å². The molecule has 0 heterocycles. The Kier molecular flexibility index (Phi) is 5.78. The Morgan fingerprint density at radius 3 is 1.39 bits per heavy atom. The number of phenolic OH excluding ortho intramolecular Hbond substituents is 2. The number of hydrogen-bond acceptors (Lipinski definition) is 6. The zero-order valence-electron chi connectivity index (χ0n) is 20.0. The van der Waals surface area contributed by atoms with Crippen LogP contribution >= 0.6 is 0 Å². The zero-order chi connectivity index (χ0) is 25.4. The van der Waals surface area contributed by atoms with Gasteiger partial charge in [0.1, 0.15) is 11.5 Å². The number of aromatic hydroxyl groups is 2. The van der Waals surface area contributed by atoms with Gasteiger partial charge in [-0.15, -0.1) is 0 Å². The molecule has 0 aliphatic carbocycles. The number of rotatable bonds is 4. The van der Waals surface area contributed by atoms with Gasteiger partial charge in [0, 0.05) is 50.8 Å². The van der Waals surface area contributed by atoms with Crippen LogP contribution in [0.25, 0.3) is 21.5 Å². The van der Waals surface area contributed by atoms with Crippen LogP contribution in [0.2, 0.25) is 0 Å². The molecule has 5 aromatic carbocycles. The largest absolute Gasteiger partial charge is 0.507 e. The van der Waals surface area contributed by atoms with Crippen molar-refractivity contribution >= 4 is 55.7 Å². The quantitative estimate of drug-likeness (QED) is 0.168. The van der Waals surface area contributed by atoms with Crippen molar-refractivity contribution in [2.45, 2.75) is 13.8 Å². The number of fused-ring (bicyclic) bond motifs is 2. The van der Waals surface area contributed by atoms with Crippen molar-refractivity contribution in [3.05, 3.63) is 96.1 Å². The van der Waals surface area contributed by atoms with Gasteiger partial charge in [0.05, 0.1) is 11.4 Å². The van der Waals surface area contributed by atoms with Crippen LogP contribution in [0.3, 0.4) is 0 Å². The van der Waals surface area contributed by atoms with E-state index in [9.17, 15) is 10.2 Å². The van der Waals surface area contributed by atoms with Crippen molar-refractivity contribution in [3.8, 4) is 11.5 Å². The van der Waals surface area contributed by atoms with Gasteiger partial charge in [0.25, 0.3) is 0 Å². The van der Waals surface area contributed by atoms with Gasteiger partial charge in [-0.05, 0) is 55.0 Å². The minimum Gasteiger partial charge on any atom is -0.507 e. The number of nitrogens with zero attached hydrogens (tertiary/aromatic N) is 2. The molecule has 0 saturated heterocycles. The summed E-state index contributed by atoms with van der Waals surface area (Å²) in [5.41, 5.74) is 17.3. The maximum atomic E-state index is 10.7. The van der Waals surface area contributed by atoms with Gasteiger partial charge in [-0.3, -0.25) is 9.98 Å². The monoisotopic (exact) mass is 474 g/mol. The van der Waals surface area contributed by atoms with E-state index in [1.54, 1.807) is 6.07 Å². The summed E-state index contributed by atoms with van der Waals surface area (Å²) in [6.07, 6.45) is 0. The van der Waals surface area contributed by atoms with Gasteiger partial charge >= 0.3 is 0 Å². The molecule has 0 atom stereocenters. The lowest BCUT2D eigenvalue weighted by molar-refractivity contribution is 0.449. The lowest BCUT2D eigenvalue weighted by Gasteiger charge is -2.12. The van der Waals surface area contributed by atoms with Gasteiger partial charge in [0.2, 0.25) is 0 Å². The molecule has 0 saturated carbocycles. The molecule has 6 N–H and O–H groups in total. The average molecular weight is 475 g/mol. The first-order chi connectivity index (χ1) is 17.3. The lowest BCUT2D eigenvalue weighted by atomic mass is 10.0. The molecule has 5 rings (SSSR count). The fraction of sp³-hybridized carbons (Fsp3) is 0.0667. The molecule has 0 spiro atoms. The molecule has 0 aliphatic rings. The maximum Gasteiger partial charge on any atom is 0.128 e. The molecule has 0 amide bonds. The number of anilines is 2. The Balaban J connectivity index is 1.61. The van der Waals surface area contributed by atoms with Crippen molar-refractivity contribution in [2.24, 2.45) is 9.98 Å². The molecule has 5 aromatic rings. The van der Waals surface area contributed by atoms with E-state index in [0.29, 0.717) is 45.3 Å². The first-order valence-corrected chi connectivity index (χ1v) is 11.5. The van der Waals surface area contributed by atoms with Gasteiger partial charge in [0.15, 0.2) is 0 Å². The van der Waals surface area contributed by atoms with E-state index in [1.807, 2.05) is 86.6 Å². The molecule has 178 valence electrons. The number of aliphatic imine (C=N–C) groups is 2. The number of hydrogen-bond donors (Lipinski definition) is 4. The predicted molar refractivity (Wildman–Crippen MR) is 150 cm³/mol. The van der Waals surface area contributed by atoms with Gasteiger partial charge in [-0.2, -0.15) is 0 Å². The summed E-state index contributed by atoms with van der Waals surface area (Å²) in [6.45, 7) is 3.62. The molecule has 6 heteroatoms. The number of nitrogen functional groups attached to an aromatic ring is 2. The van der Waals surface area contributed by atoms with Gasteiger partial charge < -0.3 is 21.7 Å². The summed E-state index contributed by atoms with van der Waals surface area (Å²) < 4.78 is 0. The minimum atomic E-state index is -0.0760. The Bertz CT molecular complexity index is 1570. The van der Waals surface area contributed by atoms with E-state index in [0.717, 1.165) is 21.5 Å². The second-order valence-corrected chi connectivity index (χ2v) is 8.73. The summed E-state index contributed by atoms with van der Waals surface area (Å²) in [6, 6.07) is 26.0. The summed E-state index contributed by atoms with van der Waals surface area (Å²) in [5.74, 6) is -0.152. The van der Waals surface area contributed by atoms with Gasteiger partial charge in [-0.25, -0.2) is 0 Å².